The van der Waals surface area contributed by atoms with Gasteiger partial charge in [0.15, 0.2) is 0 Å². The standard InChI is InChI=1S/C22H40P2/c1-6-17-13-14-18(7-2)23(17)21-11-10-12-22(21)24(5)19(8-3)15-16-20(24)9-4/h10-11,17-20,24H,6-9,12-16H2,1-5H3/t17-,18-,19-,20-/m1/s1. The van der Waals surface area contributed by atoms with Gasteiger partial charge in [0.25, 0.3) is 0 Å². The molecule has 1 aliphatic carbocycles. The van der Waals surface area contributed by atoms with Crippen LogP contribution in [0.5, 0.6) is 0 Å². The molecule has 2 saturated heterocycles. The quantitative estimate of drug-likeness (QED) is 0.422. The van der Waals surface area contributed by atoms with E-state index in [4.69, 9.17) is 0 Å². The average Bonchev–Trinajstić information content (AvgIpc) is 3.30. The Kier molecular flexibility index (Phi) is 6.31. The summed E-state index contributed by atoms with van der Waals surface area (Å²) in [7, 11) is -1.18. The first-order valence-electron chi connectivity index (χ1n) is 10.8. The van der Waals surface area contributed by atoms with Crippen molar-refractivity contribution < 1.29 is 0 Å². The molecule has 24 heavy (non-hydrogen) atoms. The predicted octanol–water partition coefficient (Wildman–Crippen LogP) is 7.72. The van der Waals surface area contributed by atoms with Crippen LogP contribution in [0.3, 0.4) is 0 Å². The summed E-state index contributed by atoms with van der Waals surface area (Å²) >= 11 is 0. The molecule has 0 spiro atoms. The van der Waals surface area contributed by atoms with E-state index in [-0.39, 0.29) is 7.92 Å². The summed E-state index contributed by atoms with van der Waals surface area (Å²) in [6, 6.07) is 0. The first-order valence-corrected chi connectivity index (χ1v) is 14.9. The first kappa shape index (κ1) is 19.1. The minimum atomic E-state index is -1.29. The van der Waals surface area contributed by atoms with E-state index in [1.165, 1.54) is 57.8 Å². The van der Waals surface area contributed by atoms with Crippen molar-refractivity contribution in [1.82, 2.24) is 0 Å². The van der Waals surface area contributed by atoms with E-state index >= 15 is 0 Å². The van der Waals surface area contributed by atoms with Crippen molar-refractivity contribution in [2.75, 3.05) is 6.66 Å². The molecule has 3 rings (SSSR count). The Labute approximate surface area is 153 Å². The Morgan fingerprint density at radius 1 is 0.875 bits per heavy atom. The van der Waals surface area contributed by atoms with E-state index in [1.54, 1.807) is 0 Å². The molecule has 0 radical (unpaired) electrons. The molecule has 0 aromatic heterocycles. The van der Waals surface area contributed by atoms with Crippen LogP contribution >= 0.6 is 15.2 Å². The summed E-state index contributed by atoms with van der Waals surface area (Å²) in [6.45, 7) is 12.7. The topological polar surface area (TPSA) is 0 Å². The van der Waals surface area contributed by atoms with Gasteiger partial charge < -0.3 is 0 Å². The van der Waals surface area contributed by atoms with Crippen LogP contribution in [0.2, 0.25) is 0 Å². The van der Waals surface area contributed by atoms with E-state index in [0.717, 1.165) is 22.6 Å². The number of hydrogen-bond acceptors (Lipinski definition) is 0. The molecule has 138 valence electrons. The summed E-state index contributed by atoms with van der Waals surface area (Å²) in [4.78, 5) is 0. The molecule has 0 nitrogen and oxygen atoms in total. The summed E-state index contributed by atoms with van der Waals surface area (Å²) in [5.74, 6) is 0. The van der Waals surface area contributed by atoms with Crippen molar-refractivity contribution in [1.29, 1.82) is 0 Å². The fraction of sp³-hybridized carbons (Fsp3) is 0.818. The monoisotopic (exact) mass is 366 g/mol. The Hall–Kier alpha value is 0.340. The Morgan fingerprint density at radius 3 is 1.88 bits per heavy atom. The zero-order valence-electron chi connectivity index (χ0n) is 16.8. The van der Waals surface area contributed by atoms with Crippen LogP contribution in [0, 0.1) is 0 Å². The van der Waals surface area contributed by atoms with Crippen molar-refractivity contribution >= 4 is 15.2 Å². The van der Waals surface area contributed by atoms with E-state index in [2.05, 4.69) is 46.5 Å². The van der Waals surface area contributed by atoms with Crippen LogP contribution in [-0.2, 0) is 0 Å². The van der Waals surface area contributed by atoms with E-state index in [1.807, 2.05) is 10.6 Å². The van der Waals surface area contributed by atoms with Crippen LogP contribution in [-0.4, -0.2) is 29.3 Å². The molecule has 2 aliphatic heterocycles. The Balaban J connectivity index is 2.03. The Bertz CT molecular complexity index is 480. The Morgan fingerprint density at radius 2 is 1.42 bits per heavy atom. The van der Waals surface area contributed by atoms with Gasteiger partial charge in [-0.1, -0.05) is 0 Å². The molecule has 0 N–H and O–H groups in total. The molecule has 0 saturated carbocycles. The maximum absolute atomic E-state index is 2.80. The van der Waals surface area contributed by atoms with Crippen LogP contribution in [0.25, 0.3) is 0 Å². The molecular formula is C22H40P2. The summed E-state index contributed by atoms with van der Waals surface area (Å²) in [5, 5.41) is 3.98. The second-order valence-corrected chi connectivity index (χ2v) is 16.2. The maximum atomic E-state index is 2.80. The third kappa shape index (κ3) is 2.99. The molecule has 0 bridgehead atoms. The van der Waals surface area contributed by atoms with Crippen molar-refractivity contribution in [2.45, 2.75) is 108 Å². The van der Waals surface area contributed by atoms with Gasteiger partial charge in [-0.3, -0.25) is 0 Å². The molecular weight excluding hydrogens is 326 g/mol. The third-order valence-corrected chi connectivity index (χ3v) is 18.5. The fourth-order valence-electron chi connectivity index (χ4n) is 6.47. The fourth-order valence-corrected chi connectivity index (χ4v) is 17.4. The van der Waals surface area contributed by atoms with Crippen molar-refractivity contribution in [3.63, 3.8) is 0 Å². The van der Waals surface area contributed by atoms with Gasteiger partial charge in [0.1, 0.15) is 0 Å². The van der Waals surface area contributed by atoms with Crippen LogP contribution in [0.4, 0.5) is 0 Å². The van der Waals surface area contributed by atoms with Gasteiger partial charge >= 0.3 is 153 Å². The van der Waals surface area contributed by atoms with E-state index in [0.29, 0.717) is 0 Å². The van der Waals surface area contributed by atoms with Gasteiger partial charge in [-0.05, 0) is 0 Å². The van der Waals surface area contributed by atoms with Gasteiger partial charge in [0.05, 0.1) is 0 Å². The van der Waals surface area contributed by atoms with E-state index < -0.39 is 7.26 Å². The van der Waals surface area contributed by atoms with Gasteiger partial charge in [0.2, 0.25) is 0 Å². The molecule has 2 fully saturated rings. The van der Waals surface area contributed by atoms with Gasteiger partial charge in [-0.2, -0.15) is 0 Å². The molecule has 0 aromatic carbocycles. The molecule has 2 heteroatoms. The van der Waals surface area contributed by atoms with Crippen molar-refractivity contribution in [3.05, 3.63) is 22.8 Å². The van der Waals surface area contributed by atoms with Crippen molar-refractivity contribution in [2.24, 2.45) is 0 Å². The minimum absolute atomic E-state index is 0.119. The second kappa shape index (κ2) is 7.92. The SMILES string of the molecule is CC[C@@H]1CC[C@@H](CC)P1C1=C([PH]2(C)[C@H](CC)CC[C@H]2CC)CC=C1. The van der Waals surface area contributed by atoms with Crippen LogP contribution < -0.4 is 0 Å². The molecule has 2 heterocycles. The van der Waals surface area contributed by atoms with Gasteiger partial charge in [-0.25, -0.2) is 0 Å². The molecule has 4 atom stereocenters. The summed E-state index contributed by atoms with van der Waals surface area (Å²) < 4.78 is 0. The molecule has 0 amide bonds. The molecule has 3 aliphatic rings. The van der Waals surface area contributed by atoms with Crippen LogP contribution in [0.1, 0.15) is 85.5 Å². The molecule has 0 aromatic rings. The van der Waals surface area contributed by atoms with Crippen LogP contribution in [0.15, 0.2) is 22.8 Å². The summed E-state index contributed by atoms with van der Waals surface area (Å²) in [5.41, 5.74) is 4.17. The van der Waals surface area contributed by atoms with E-state index in [9.17, 15) is 0 Å². The molecule has 0 unspecified atom stereocenters. The first-order chi connectivity index (χ1) is 11.6. The normalized spacial score (nSPS) is 37.5. The number of rotatable bonds is 6. The van der Waals surface area contributed by atoms with Gasteiger partial charge in [0, 0.05) is 0 Å². The number of hydrogen-bond donors (Lipinski definition) is 0. The number of allylic oxidation sites excluding steroid dienone is 4. The average molecular weight is 367 g/mol. The van der Waals surface area contributed by atoms with Crippen molar-refractivity contribution in [3.8, 4) is 0 Å². The predicted molar refractivity (Wildman–Crippen MR) is 117 cm³/mol. The zero-order valence-corrected chi connectivity index (χ0v) is 18.7. The third-order valence-electron chi connectivity index (χ3n) is 7.94. The summed E-state index contributed by atoms with van der Waals surface area (Å²) in [6.07, 6.45) is 18.3. The zero-order chi connectivity index (χ0) is 17.3. The second-order valence-electron chi connectivity index (χ2n) is 8.65. The van der Waals surface area contributed by atoms with Gasteiger partial charge in [-0.15, -0.1) is 0 Å².